The van der Waals surface area contributed by atoms with E-state index in [2.05, 4.69) is 4.98 Å². The molecular formula is C8H7NO4. The molecule has 0 atom stereocenters. The molecule has 0 aliphatic carbocycles. The maximum atomic E-state index is 11.4. The lowest BCUT2D eigenvalue weighted by Crippen LogP contribution is -2.19. The highest BCUT2D eigenvalue weighted by atomic mass is 16.5. The SMILES string of the molecule is O=C(O)c1c[nH]c2c(c1=O)COC2. The normalized spacial score (nSPS) is 14.2. The zero-order valence-corrected chi connectivity index (χ0v) is 6.66. The van der Waals surface area contributed by atoms with E-state index in [-0.39, 0.29) is 12.2 Å². The van der Waals surface area contributed by atoms with Crippen molar-refractivity contribution < 1.29 is 14.6 Å². The molecule has 5 heteroatoms. The number of rotatable bonds is 1. The molecule has 5 nitrogen and oxygen atoms in total. The smallest absolute Gasteiger partial charge is 0.341 e. The number of fused-ring (bicyclic) bond motifs is 1. The predicted octanol–water partition coefficient (Wildman–Crippen LogP) is 0.103. The summed E-state index contributed by atoms with van der Waals surface area (Å²) in [6.07, 6.45) is 1.21. The molecule has 1 aliphatic heterocycles. The first-order chi connectivity index (χ1) is 6.20. The van der Waals surface area contributed by atoms with E-state index in [1.54, 1.807) is 0 Å². The number of aromatic nitrogens is 1. The average Bonchev–Trinajstić information content (AvgIpc) is 2.52. The van der Waals surface area contributed by atoms with Gasteiger partial charge in [-0.2, -0.15) is 0 Å². The van der Waals surface area contributed by atoms with Crippen molar-refractivity contribution in [2.75, 3.05) is 0 Å². The molecule has 2 heterocycles. The number of aromatic amines is 1. The number of ether oxygens (including phenoxy) is 1. The standard InChI is InChI=1S/C8H7NO4/c10-7-4(8(11)12)1-9-6-3-13-2-5(6)7/h1H,2-3H2,(H,9,10)(H,11,12). The summed E-state index contributed by atoms with van der Waals surface area (Å²) in [5, 5.41) is 8.64. The molecule has 0 aromatic carbocycles. The lowest BCUT2D eigenvalue weighted by molar-refractivity contribution is 0.0695. The van der Waals surface area contributed by atoms with Gasteiger partial charge in [0.2, 0.25) is 5.43 Å². The van der Waals surface area contributed by atoms with Gasteiger partial charge in [0, 0.05) is 11.8 Å². The van der Waals surface area contributed by atoms with Crippen LogP contribution in [0.2, 0.25) is 0 Å². The third-order valence-electron chi connectivity index (χ3n) is 2.00. The fraction of sp³-hybridized carbons (Fsp3) is 0.250. The van der Waals surface area contributed by atoms with Gasteiger partial charge >= 0.3 is 5.97 Å². The van der Waals surface area contributed by atoms with Crippen molar-refractivity contribution in [1.82, 2.24) is 4.98 Å². The maximum Gasteiger partial charge on any atom is 0.341 e. The van der Waals surface area contributed by atoms with E-state index in [1.165, 1.54) is 6.20 Å². The number of pyridine rings is 1. The van der Waals surface area contributed by atoms with Gasteiger partial charge in [0.25, 0.3) is 0 Å². The Morgan fingerprint density at radius 2 is 2.31 bits per heavy atom. The van der Waals surface area contributed by atoms with Crippen LogP contribution < -0.4 is 5.43 Å². The van der Waals surface area contributed by atoms with Gasteiger partial charge in [0.1, 0.15) is 5.56 Å². The van der Waals surface area contributed by atoms with E-state index in [1.807, 2.05) is 0 Å². The minimum atomic E-state index is -1.21. The lowest BCUT2D eigenvalue weighted by Gasteiger charge is -1.97. The molecule has 1 aromatic heterocycles. The van der Waals surface area contributed by atoms with Crippen LogP contribution in [0.5, 0.6) is 0 Å². The second-order valence-electron chi connectivity index (χ2n) is 2.79. The Bertz CT molecular complexity index is 421. The summed E-state index contributed by atoms with van der Waals surface area (Å²) < 4.78 is 5.01. The molecular weight excluding hydrogens is 174 g/mol. The third-order valence-corrected chi connectivity index (χ3v) is 2.00. The molecule has 0 amide bonds. The van der Waals surface area contributed by atoms with E-state index in [0.717, 1.165) is 0 Å². The van der Waals surface area contributed by atoms with Gasteiger partial charge in [-0.15, -0.1) is 0 Å². The van der Waals surface area contributed by atoms with E-state index >= 15 is 0 Å². The van der Waals surface area contributed by atoms with Crippen molar-refractivity contribution >= 4 is 5.97 Å². The molecule has 0 saturated heterocycles. The van der Waals surface area contributed by atoms with E-state index < -0.39 is 11.4 Å². The lowest BCUT2D eigenvalue weighted by atomic mass is 10.1. The van der Waals surface area contributed by atoms with Crippen molar-refractivity contribution in [1.29, 1.82) is 0 Å². The Morgan fingerprint density at radius 3 is 3.00 bits per heavy atom. The first-order valence-electron chi connectivity index (χ1n) is 3.74. The van der Waals surface area contributed by atoms with Crippen molar-refractivity contribution in [2.24, 2.45) is 0 Å². The van der Waals surface area contributed by atoms with Crippen LogP contribution in [0.15, 0.2) is 11.0 Å². The molecule has 1 aromatic rings. The van der Waals surface area contributed by atoms with E-state index in [4.69, 9.17) is 9.84 Å². The molecule has 13 heavy (non-hydrogen) atoms. The van der Waals surface area contributed by atoms with Gasteiger partial charge in [0.05, 0.1) is 18.9 Å². The number of hydrogen-bond donors (Lipinski definition) is 2. The Morgan fingerprint density at radius 1 is 1.54 bits per heavy atom. The Hall–Kier alpha value is -1.62. The molecule has 0 radical (unpaired) electrons. The highest BCUT2D eigenvalue weighted by molar-refractivity contribution is 5.87. The number of aromatic carboxylic acids is 1. The van der Waals surface area contributed by atoms with Crippen LogP contribution in [-0.2, 0) is 18.0 Å². The number of hydrogen-bond acceptors (Lipinski definition) is 3. The topological polar surface area (TPSA) is 79.4 Å². The molecule has 0 spiro atoms. The van der Waals surface area contributed by atoms with Crippen LogP contribution in [0.4, 0.5) is 0 Å². The molecule has 2 N–H and O–H groups in total. The number of carboxylic acid groups (broad SMARTS) is 1. The number of nitrogens with one attached hydrogen (secondary N) is 1. The minimum absolute atomic E-state index is 0.200. The van der Waals surface area contributed by atoms with Crippen LogP contribution in [0.1, 0.15) is 21.6 Å². The highest BCUT2D eigenvalue weighted by Crippen LogP contribution is 2.13. The fourth-order valence-electron chi connectivity index (χ4n) is 1.31. The van der Waals surface area contributed by atoms with Gasteiger partial charge < -0.3 is 14.8 Å². The maximum absolute atomic E-state index is 11.4. The van der Waals surface area contributed by atoms with E-state index in [0.29, 0.717) is 17.9 Å². The fourth-order valence-corrected chi connectivity index (χ4v) is 1.31. The third kappa shape index (κ3) is 1.13. The molecule has 2 rings (SSSR count). The van der Waals surface area contributed by atoms with Crippen LogP contribution >= 0.6 is 0 Å². The van der Waals surface area contributed by atoms with Crippen molar-refractivity contribution in [2.45, 2.75) is 13.2 Å². The Balaban J connectivity index is 2.66. The summed E-state index contributed by atoms with van der Waals surface area (Å²) in [7, 11) is 0. The average molecular weight is 181 g/mol. The molecule has 0 saturated carbocycles. The second kappa shape index (κ2) is 2.70. The van der Waals surface area contributed by atoms with E-state index in [9.17, 15) is 9.59 Å². The summed E-state index contributed by atoms with van der Waals surface area (Å²) in [6, 6.07) is 0. The first kappa shape index (κ1) is 8.00. The summed E-state index contributed by atoms with van der Waals surface area (Å²) >= 11 is 0. The van der Waals surface area contributed by atoms with Crippen LogP contribution in [0, 0.1) is 0 Å². The summed E-state index contributed by atoms with van der Waals surface area (Å²) in [4.78, 5) is 24.7. The van der Waals surface area contributed by atoms with Gasteiger partial charge in [-0.3, -0.25) is 4.79 Å². The van der Waals surface area contributed by atoms with Crippen molar-refractivity contribution in [3.05, 3.63) is 33.2 Å². The zero-order chi connectivity index (χ0) is 9.42. The monoisotopic (exact) mass is 181 g/mol. The quantitative estimate of drug-likeness (QED) is 0.644. The Labute approximate surface area is 73.0 Å². The van der Waals surface area contributed by atoms with Gasteiger partial charge in [-0.05, 0) is 0 Å². The summed E-state index contributed by atoms with van der Waals surface area (Å²) in [5.41, 5.74) is 0.429. The highest BCUT2D eigenvalue weighted by Gasteiger charge is 2.19. The summed E-state index contributed by atoms with van der Waals surface area (Å²) in [6.45, 7) is 0.552. The largest absolute Gasteiger partial charge is 0.477 e. The number of carboxylic acids is 1. The van der Waals surface area contributed by atoms with Crippen molar-refractivity contribution in [3.8, 4) is 0 Å². The van der Waals surface area contributed by atoms with Gasteiger partial charge in [-0.25, -0.2) is 4.79 Å². The second-order valence-corrected chi connectivity index (χ2v) is 2.79. The minimum Gasteiger partial charge on any atom is -0.477 e. The molecule has 0 fully saturated rings. The summed E-state index contributed by atoms with van der Waals surface area (Å²) in [5.74, 6) is -1.21. The Kier molecular flexibility index (Phi) is 1.66. The van der Waals surface area contributed by atoms with Crippen LogP contribution in [0.3, 0.4) is 0 Å². The first-order valence-corrected chi connectivity index (χ1v) is 3.74. The molecule has 68 valence electrons. The number of carbonyl (C=O) groups is 1. The van der Waals surface area contributed by atoms with Crippen LogP contribution in [-0.4, -0.2) is 16.1 Å². The number of H-pyrrole nitrogens is 1. The predicted molar refractivity (Wildman–Crippen MR) is 42.5 cm³/mol. The van der Waals surface area contributed by atoms with Gasteiger partial charge in [-0.1, -0.05) is 0 Å². The van der Waals surface area contributed by atoms with Gasteiger partial charge in [0.15, 0.2) is 0 Å². The molecule has 1 aliphatic rings. The molecule has 0 unspecified atom stereocenters. The zero-order valence-electron chi connectivity index (χ0n) is 6.66. The van der Waals surface area contributed by atoms with Crippen molar-refractivity contribution in [3.63, 3.8) is 0 Å². The van der Waals surface area contributed by atoms with Crippen LogP contribution in [0.25, 0.3) is 0 Å². The molecule has 0 bridgehead atoms.